The first-order valence-corrected chi connectivity index (χ1v) is 5.50. The largest absolute Gasteiger partial charge is 0.484 e. The van der Waals surface area contributed by atoms with Crippen molar-refractivity contribution in [1.82, 2.24) is 4.98 Å². The average molecular weight is 243 g/mol. The second-order valence-corrected chi connectivity index (χ2v) is 3.75. The molecule has 5 nitrogen and oxygen atoms in total. The fraction of sp³-hybridized carbons (Fsp3) is 0.231. The Morgan fingerprint density at radius 2 is 2.11 bits per heavy atom. The topological polar surface area (TPSA) is 71.1 Å². The summed E-state index contributed by atoms with van der Waals surface area (Å²) in [5.41, 5.74) is 1.41. The molecule has 2 rings (SSSR count). The van der Waals surface area contributed by atoms with Gasteiger partial charge in [0.15, 0.2) is 6.61 Å². The van der Waals surface area contributed by atoms with Gasteiger partial charge in [-0.05, 0) is 19.1 Å². The van der Waals surface area contributed by atoms with Crippen LogP contribution in [0.15, 0.2) is 28.7 Å². The van der Waals surface area contributed by atoms with Gasteiger partial charge in [-0.15, -0.1) is 0 Å². The smallest absolute Gasteiger partial charge is 0.236 e. The molecule has 0 bridgehead atoms. The summed E-state index contributed by atoms with van der Waals surface area (Å²) < 4.78 is 10.8. The van der Waals surface area contributed by atoms with E-state index in [0.29, 0.717) is 11.8 Å². The van der Waals surface area contributed by atoms with Gasteiger partial charge in [-0.3, -0.25) is 0 Å². The zero-order valence-corrected chi connectivity index (χ0v) is 10.2. The van der Waals surface area contributed by atoms with Gasteiger partial charge in [-0.25, -0.2) is 0 Å². The van der Waals surface area contributed by atoms with Gasteiger partial charge in [0.25, 0.3) is 0 Å². The Kier molecular flexibility index (Phi) is 3.49. The molecule has 0 radical (unpaired) electrons. The third-order valence-electron chi connectivity index (χ3n) is 2.39. The van der Waals surface area contributed by atoms with Gasteiger partial charge < -0.3 is 14.5 Å². The highest BCUT2D eigenvalue weighted by atomic mass is 16.5. The Hall–Kier alpha value is -2.48. The van der Waals surface area contributed by atoms with Crippen LogP contribution in [0.25, 0.3) is 0 Å². The van der Waals surface area contributed by atoms with Gasteiger partial charge in [-0.1, -0.05) is 17.7 Å². The number of ether oxygens (including phenoxy) is 1. The monoisotopic (exact) mass is 243 g/mol. The van der Waals surface area contributed by atoms with Crippen LogP contribution < -0.4 is 10.1 Å². The normalized spacial score (nSPS) is 9.83. The van der Waals surface area contributed by atoms with Crippen LogP contribution in [-0.2, 0) is 6.61 Å². The van der Waals surface area contributed by atoms with E-state index in [1.165, 1.54) is 5.56 Å². The van der Waals surface area contributed by atoms with Gasteiger partial charge in [0.2, 0.25) is 17.5 Å². The van der Waals surface area contributed by atoms with Crippen LogP contribution in [0.2, 0.25) is 0 Å². The van der Waals surface area contributed by atoms with Crippen LogP contribution in [-0.4, -0.2) is 12.0 Å². The maximum Gasteiger partial charge on any atom is 0.236 e. The van der Waals surface area contributed by atoms with Gasteiger partial charge in [0, 0.05) is 7.05 Å². The third kappa shape index (κ3) is 2.61. The summed E-state index contributed by atoms with van der Waals surface area (Å²) in [6.07, 6.45) is 0. The number of nitrogens with one attached hydrogen (secondary N) is 1. The second kappa shape index (κ2) is 5.23. The summed E-state index contributed by atoms with van der Waals surface area (Å²) in [6, 6.07) is 9.63. The fourth-order valence-corrected chi connectivity index (χ4v) is 1.45. The summed E-state index contributed by atoms with van der Waals surface area (Å²) in [6.45, 7) is 2.20. The molecule has 92 valence electrons. The van der Waals surface area contributed by atoms with Crippen LogP contribution in [0, 0.1) is 18.3 Å². The minimum absolute atomic E-state index is 0.194. The van der Waals surface area contributed by atoms with Crippen LogP contribution in [0.3, 0.4) is 0 Å². The molecule has 0 spiro atoms. The van der Waals surface area contributed by atoms with E-state index in [-0.39, 0.29) is 12.3 Å². The van der Waals surface area contributed by atoms with Crippen LogP contribution in [0.4, 0.5) is 5.88 Å². The van der Waals surface area contributed by atoms with Crippen molar-refractivity contribution in [3.05, 3.63) is 41.4 Å². The number of hydrogen-bond acceptors (Lipinski definition) is 5. The average Bonchev–Trinajstić information content (AvgIpc) is 2.80. The Morgan fingerprint density at radius 1 is 1.39 bits per heavy atom. The molecule has 0 saturated carbocycles. The van der Waals surface area contributed by atoms with Gasteiger partial charge in [-0.2, -0.15) is 10.2 Å². The van der Waals surface area contributed by atoms with Crippen molar-refractivity contribution in [1.29, 1.82) is 5.26 Å². The van der Waals surface area contributed by atoms with E-state index < -0.39 is 0 Å². The molecule has 0 aliphatic carbocycles. The molecular weight excluding hydrogens is 230 g/mol. The molecule has 0 atom stereocenters. The number of anilines is 1. The van der Waals surface area contributed by atoms with Crippen molar-refractivity contribution in [3.63, 3.8) is 0 Å². The number of oxazole rings is 1. The van der Waals surface area contributed by atoms with Crippen molar-refractivity contribution in [3.8, 4) is 11.8 Å². The number of nitriles is 1. The Bertz CT molecular complexity index is 567. The van der Waals surface area contributed by atoms with Crippen molar-refractivity contribution < 1.29 is 9.15 Å². The zero-order valence-electron chi connectivity index (χ0n) is 10.2. The van der Waals surface area contributed by atoms with Crippen LogP contribution in [0.5, 0.6) is 5.75 Å². The molecule has 1 aromatic heterocycles. The summed E-state index contributed by atoms with van der Waals surface area (Å²) in [5, 5.41) is 11.6. The molecule has 0 saturated heterocycles. The quantitative estimate of drug-likeness (QED) is 0.893. The molecule has 0 fully saturated rings. The van der Waals surface area contributed by atoms with E-state index >= 15 is 0 Å². The minimum Gasteiger partial charge on any atom is -0.484 e. The number of nitrogens with zero attached hydrogens (tertiary/aromatic N) is 2. The van der Waals surface area contributed by atoms with Gasteiger partial charge in [0.1, 0.15) is 11.8 Å². The zero-order chi connectivity index (χ0) is 13.0. The molecule has 1 heterocycles. The third-order valence-corrected chi connectivity index (χ3v) is 2.39. The van der Waals surface area contributed by atoms with E-state index in [1.807, 2.05) is 37.3 Å². The van der Waals surface area contributed by atoms with Gasteiger partial charge in [0.05, 0.1) is 0 Å². The van der Waals surface area contributed by atoms with E-state index in [2.05, 4.69) is 10.3 Å². The summed E-state index contributed by atoms with van der Waals surface area (Å²) in [5.74, 6) is 1.47. The first kappa shape index (κ1) is 12.0. The number of hydrogen-bond donors (Lipinski definition) is 1. The summed E-state index contributed by atoms with van der Waals surface area (Å²) >= 11 is 0. The Labute approximate surface area is 105 Å². The van der Waals surface area contributed by atoms with Crippen molar-refractivity contribution >= 4 is 5.88 Å². The van der Waals surface area contributed by atoms with Crippen LogP contribution >= 0.6 is 0 Å². The lowest BCUT2D eigenvalue weighted by Gasteiger charge is -2.03. The van der Waals surface area contributed by atoms with Crippen molar-refractivity contribution in [2.75, 3.05) is 12.4 Å². The molecule has 0 aliphatic rings. The predicted molar refractivity (Wildman–Crippen MR) is 66.3 cm³/mol. The fourth-order valence-electron chi connectivity index (χ4n) is 1.45. The van der Waals surface area contributed by atoms with E-state index in [1.54, 1.807) is 7.05 Å². The minimum atomic E-state index is 0.194. The number of aromatic nitrogens is 1. The van der Waals surface area contributed by atoms with E-state index in [9.17, 15) is 0 Å². The molecular formula is C13H13N3O2. The highest BCUT2D eigenvalue weighted by Gasteiger charge is 2.11. The van der Waals surface area contributed by atoms with E-state index in [0.717, 1.165) is 5.75 Å². The molecule has 5 heteroatoms. The second-order valence-electron chi connectivity index (χ2n) is 3.75. The van der Waals surface area contributed by atoms with Crippen molar-refractivity contribution in [2.24, 2.45) is 0 Å². The molecule has 0 aliphatic heterocycles. The Balaban J connectivity index is 2.04. The molecule has 0 amide bonds. The first-order chi connectivity index (χ1) is 8.72. The van der Waals surface area contributed by atoms with E-state index in [4.69, 9.17) is 14.4 Å². The lowest BCUT2D eigenvalue weighted by Crippen LogP contribution is -1.95. The standard InChI is InChI=1S/C13H13N3O2/c1-9-3-5-10(6-4-9)17-8-12-16-11(7-14)13(15-2)18-12/h3-6,15H,8H2,1-2H3. The molecule has 1 N–H and O–H groups in total. The lowest BCUT2D eigenvalue weighted by molar-refractivity contribution is 0.265. The highest BCUT2D eigenvalue weighted by Crippen LogP contribution is 2.18. The van der Waals surface area contributed by atoms with Crippen molar-refractivity contribution in [2.45, 2.75) is 13.5 Å². The molecule has 2 aromatic rings. The number of aryl methyl sites for hydroxylation is 1. The van der Waals surface area contributed by atoms with Gasteiger partial charge >= 0.3 is 0 Å². The maximum atomic E-state index is 8.83. The lowest BCUT2D eigenvalue weighted by atomic mass is 10.2. The number of benzene rings is 1. The summed E-state index contributed by atoms with van der Waals surface area (Å²) in [4.78, 5) is 4.02. The number of rotatable bonds is 4. The molecule has 18 heavy (non-hydrogen) atoms. The first-order valence-electron chi connectivity index (χ1n) is 5.50. The molecule has 1 aromatic carbocycles. The highest BCUT2D eigenvalue weighted by molar-refractivity contribution is 5.44. The Morgan fingerprint density at radius 3 is 2.67 bits per heavy atom. The van der Waals surface area contributed by atoms with Crippen LogP contribution in [0.1, 0.15) is 17.1 Å². The predicted octanol–water partition coefficient (Wildman–Crippen LogP) is 2.48. The molecule has 0 unspecified atom stereocenters. The SMILES string of the molecule is CNc1oc(COc2ccc(C)cc2)nc1C#N. The maximum absolute atomic E-state index is 8.83. The summed E-state index contributed by atoms with van der Waals surface area (Å²) in [7, 11) is 1.67.